The van der Waals surface area contributed by atoms with Gasteiger partial charge in [0.1, 0.15) is 5.82 Å². The molecule has 1 aromatic rings. The predicted molar refractivity (Wildman–Crippen MR) is 62.0 cm³/mol. The van der Waals surface area contributed by atoms with Gasteiger partial charge in [-0.25, -0.2) is 13.8 Å². The van der Waals surface area contributed by atoms with Crippen LogP contribution in [-0.2, 0) is 6.54 Å². The number of rotatable bonds is 6. The van der Waals surface area contributed by atoms with Crippen LogP contribution in [0.1, 0.15) is 5.69 Å². The Morgan fingerprint density at radius 3 is 2.76 bits per heavy atom. The second-order valence-corrected chi connectivity index (χ2v) is 3.92. The summed E-state index contributed by atoms with van der Waals surface area (Å²) in [4.78, 5) is 5.35. The van der Waals surface area contributed by atoms with Crippen LogP contribution in [0.4, 0.5) is 14.6 Å². The molecule has 0 saturated heterocycles. The molecule has 96 valence electrons. The third-order valence-corrected chi connectivity index (χ3v) is 2.47. The van der Waals surface area contributed by atoms with E-state index in [2.05, 4.69) is 4.98 Å². The molecule has 0 atom stereocenters. The first kappa shape index (κ1) is 14.1. The van der Waals surface area contributed by atoms with Crippen molar-refractivity contribution in [2.24, 2.45) is 0 Å². The minimum Gasteiger partial charge on any atom is -0.395 e. The van der Waals surface area contributed by atoms with E-state index in [4.69, 9.17) is 22.4 Å². The van der Waals surface area contributed by atoms with Crippen molar-refractivity contribution in [3.63, 3.8) is 0 Å². The van der Waals surface area contributed by atoms with Gasteiger partial charge in [-0.15, -0.1) is 0 Å². The molecule has 0 aromatic carbocycles. The van der Waals surface area contributed by atoms with Crippen molar-refractivity contribution in [3.8, 4) is 0 Å². The number of anilines is 1. The number of pyridine rings is 1. The Morgan fingerprint density at radius 1 is 1.47 bits per heavy atom. The summed E-state index contributed by atoms with van der Waals surface area (Å²) in [7, 11) is 0. The summed E-state index contributed by atoms with van der Waals surface area (Å²) in [5, 5.41) is 9.16. The number of hydrogen-bond donors (Lipinski definition) is 2. The van der Waals surface area contributed by atoms with Gasteiger partial charge in [0.05, 0.1) is 23.9 Å². The van der Waals surface area contributed by atoms with E-state index < -0.39 is 13.0 Å². The van der Waals surface area contributed by atoms with Crippen molar-refractivity contribution in [1.29, 1.82) is 0 Å². The van der Waals surface area contributed by atoms with Crippen molar-refractivity contribution in [3.05, 3.63) is 22.8 Å². The minimum atomic E-state index is -2.47. The number of hydrogen-bond acceptors (Lipinski definition) is 4. The minimum absolute atomic E-state index is 0.134. The number of halogens is 3. The fourth-order valence-electron chi connectivity index (χ4n) is 1.40. The zero-order chi connectivity index (χ0) is 12.8. The molecular formula is C10H14ClF2N3O. The van der Waals surface area contributed by atoms with E-state index in [1.165, 1.54) is 11.0 Å². The van der Waals surface area contributed by atoms with Gasteiger partial charge in [-0.3, -0.25) is 4.90 Å². The Labute approximate surface area is 103 Å². The fourth-order valence-corrected chi connectivity index (χ4v) is 1.56. The molecule has 1 rings (SSSR count). The monoisotopic (exact) mass is 265 g/mol. The summed E-state index contributed by atoms with van der Waals surface area (Å²) >= 11 is 5.88. The molecule has 7 heteroatoms. The summed E-state index contributed by atoms with van der Waals surface area (Å²) in [6.45, 7) is -0.369. The zero-order valence-electron chi connectivity index (χ0n) is 9.11. The Balaban J connectivity index is 2.74. The van der Waals surface area contributed by atoms with Gasteiger partial charge in [-0.2, -0.15) is 0 Å². The van der Waals surface area contributed by atoms with Crippen LogP contribution in [0.15, 0.2) is 12.1 Å². The Hall–Kier alpha value is -0.980. The topological polar surface area (TPSA) is 62.4 Å². The fraction of sp³-hybridized carbons (Fsp3) is 0.500. The van der Waals surface area contributed by atoms with Crippen molar-refractivity contribution in [2.75, 3.05) is 25.4 Å². The van der Waals surface area contributed by atoms with E-state index in [0.29, 0.717) is 10.7 Å². The smallest absolute Gasteiger partial charge is 0.251 e. The van der Waals surface area contributed by atoms with Crippen LogP contribution in [0.3, 0.4) is 0 Å². The molecule has 0 aliphatic carbocycles. The molecule has 17 heavy (non-hydrogen) atoms. The lowest BCUT2D eigenvalue weighted by atomic mass is 10.3. The molecule has 0 aliphatic rings. The quantitative estimate of drug-likeness (QED) is 0.816. The van der Waals surface area contributed by atoms with Gasteiger partial charge < -0.3 is 10.8 Å². The van der Waals surface area contributed by atoms with Crippen LogP contribution in [-0.4, -0.2) is 41.1 Å². The molecule has 0 aliphatic heterocycles. The Morgan fingerprint density at radius 2 is 2.18 bits per heavy atom. The molecule has 0 amide bonds. The highest BCUT2D eigenvalue weighted by Gasteiger charge is 2.14. The van der Waals surface area contributed by atoms with Crippen molar-refractivity contribution in [1.82, 2.24) is 9.88 Å². The van der Waals surface area contributed by atoms with Crippen LogP contribution >= 0.6 is 11.6 Å². The second kappa shape index (κ2) is 6.68. The average Bonchev–Trinajstić information content (AvgIpc) is 2.23. The number of aliphatic hydroxyl groups is 1. The van der Waals surface area contributed by atoms with Crippen molar-refractivity contribution < 1.29 is 13.9 Å². The molecule has 0 unspecified atom stereocenters. The summed E-state index contributed by atoms with van der Waals surface area (Å²) in [5.74, 6) is 0.283. The van der Waals surface area contributed by atoms with Gasteiger partial charge >= 0.3 is 0 Å². The van der Waals surface area contributed by atoms with E-state index in [-0.39, 0.29) is 25.5 Å². The zero-order valence-corrected chi connectivity index (χ0v) is 9.87. The van der Waals surface area contributed by atoms with Crippen LogP contribution in [0.5, 0.6) is 0 Å². The molecule has 4 nitrogen and oxygen atoms in total. The molecule has 0 saturated carbocycles. The van der Waals surface area contributed by atoms with Gasteiger partial charge in [-0.05, 0) is 12.1 Å². The maximum absolute atomic E-state index is 12.3. The highest BCUT2D eigenvalue weighted by Crippen LogP contribution is 2.17. The van der Waals surface area contributed by atoms with Gasteiger partial charge in [-0.1, -0.05) is 11.6 Å². The molecule has 0 spiro atoms. The van der Waals surface area contributed by atoms with Gasteiger partial charge in [0.15, 0.2) is 0 Å². The second-order valence-electron chi connectivity index (χ2n) is 3.51. The first-order chi connectivity index (χ1) is 8.02. The van der Waals surface area contributed by atoms with Crippen molar-refractivity contribution >= 4 is 17.4 Å². The van der Waals surface area contributed by atoms with Gasteiger partial charge in [0.25, 0.3) is 6.43 Å². The maximum atomic E-state index is 12.3. The van der Waals surface area contributed by atoms with Crippen LogP contribution in [0.25, 0.3) is 0 Å². The lowest BCUT2D eigenvalue weighted by Gasteiger charge is -2.20. The molecule has 1 aromatic heterocycles. The number of nitrogen functional groups attached to an aromatic ring is 1. The SMILES string of the molecule is Nc1ccc(Cl)c(CN(CCO)CC(F)F)n1. The van der Waals surface area contributed by atoms with E-state index in [1.807, 2.05) is 0 Å². The van der Waals surface area contributed by atoms with E-state index >= 15 is 0 Å². The number of aromatic nitrogens is 1. The normalized spacial score (nSPS) is 11.4. The van der Waals surface area contributed by atoms with Gasteiger partial charge in [0.2, 0.25) is 0 Å². The molecule has 0 radical (unpaired) electrons. The van der Waals surface area contributed by atoms with E-state index in [0.717, 1.165) is 0 Å². The third-order valence-electron chi connectivity index (χ3n) is 2.13. The number of nitrogens with two attached hydrogens (primary N) is 1. The molecular weight excluding hydrogens is 252 g/mol. The molecule has 1 heterocycles. The number of nitrogens with zero attached hydrogens (tertiary/aromatic N) is 2. The summed E-state index contributed by atoms with van der Waals surface area (Å²) in [5.41, 5.74) is 5.92. The Kier molecular flexibility index (Phi) is 5.54. The predicted octanol–water partition coefficient (Wildman–Crippen LogP) is 1.38. The highest BCUT2D eigenvalue weighted by atomic mass is 35.5. The number of aliphatic hydroxyl groups excluding tert-OH is 1. The van der Waals surface area contributed by atoms with Crippen LogP contribution in [0, 0.1) is 0 Å². The van der Waals surface area contributed by atoms with E-state index in [9.17, 15) is 8.78 Å². The summed E-state index contributed by atoms with van der Waals surface area (Å²) in [6.07, 6.45) is -2.47. The molecule has 0 fully saturated rings. The van der Waals surface area contributed by atoms with Crippen molar-refractivity contribution in [2.45, 2.75) is 13.0 Å². The largest absolute Gasteiger partial charge is 0.395 e. The number of alkyl halides is 2. The summed E-state index contributed by atoms with van der Waals surface area (Å²) in [6, 6.07) is 3.11. The molecule has 3 N–H and O–H groups in total. The van der Waals surface area contributed by atoms with Crippen LogP contribution < -0.4 is 5.73 Å². The van der Waals surface area contributed by atoms with Gasteiger partial charge in [0, 0.05) is 13.1 Å². The highest BCUT2D eigenvalue weighted by molar-refractivity contribution is 6.31. The maximum Gasteiger partial charge on any atom is 0.251 e. The van der Waals surface area contributed by atoms with E-state index in [1.54, 1.807) is 6.07 Å². The van der Waals surface area contributed by atoms with Crippen LogP contribution in [0.2, 0.25) is 5.02 Å². The average molecular weight is 266 g/mol. The third kappa shape index (κ3) is 4.80. The first-order valence-corrected chi connectivity index (χ1v) is 5.43. The molecule has 0 bridgehead atoms. The summed E-state index contributed by atoms with van der Waals surface area (Å²) < 4.78 is 24.6. The Bertz CT molecular complexity index is 365. The first-order valence-electron chi connectivity index (χ1n) is 5.05. The lowest BCUT2D eigenvalue weighted by Crippen LogP contribution is -2.31. The lowest BCUT2D eigenvalue weighted by molar-refractivity contribution is 0.0741. The standard InChI is InChI=1S/C10H14ClF2N3O/c11-7-1-2-10(14)15-8(7)5-16(3-4-17)6-9(12)13/h1-2,9,17H,3-6H2,(H2,14,15).